The van der Waals surface area contributed by atoms with Gasteiger partial charge in [-0.15, -0.1) is 0 Å². The van der Waals surface area contributed by atoms with E-state index in [2.05, 4.69) is 25.3 Å². The molecule has 24 heavy (non-hydrogen) atoms. The number of anilines is 1. The zero-order valence-electron chi connectivity index (χ0n) is 14.1. The third-order valence-electron chi connectivity index (χ3n) is 4.10. The number of hydrogen-bond donors (Lipinski definition) is 1. The normalized spacial score (nSPS) is 14.1. The molecule has 2 aromatic heterocycles. The van der Waals surface area contributed by atoms with Crippen LogP contribution in [0.2, 0.25) is 0 Å². The van der Waals surface area contributed by atoms with E-state index in [9.17, 15) is 4.79 Å². The van der Waals surface area contributed by atoms with Gasteiger partial charge in [-0.2, -0.15) is 5.10 Å². The van der Waals surface area contributed by atoms with Crippen LogP contribution in [-0.2, 0) is 17.9 Å². The Labute approximate surface area is 142 Å². The highest BCUT2D eigenvalue weighted by Gasteiger charge is 2.16. The largest absolute Gasteiger partial charge is 0.350 e. The first kappa shape index (κ1) is 16.4. The van der Waals surface area contributed by atoms with Crippen LogP contribution in [0.1, 0.15) is 37.1 Å². The van der Waals surface area contributed by atoms with Crippen LogP contribution in [0.15, 0.2) is 24.5 Å². The van der Waals surface area contributed by atoms with Gasteiger partial charge in [0, 0.05) is 44.1 Å². The van der Waals surface area contributed by atoms with Crippen molar-refractivity contribution in [3.63, 3.8) is 0 Å². The van der Waals surface area contributed by atoms with Gasteiger partial charge >= 0.3 is 0 Å². The molecule has 1 saturated heterocycles. The first-order chi connectivity index (χ1) is 11.7. The molecule has 0 aromatic carbocycles. The Morgan fingerprint density at radius 3 is 2.88 bits per heavy atom. The fourth-order valence-electron chi connectivity index (χ4n) is 2.88. The summed E-state index contributed by atoms with van der Waals surface area (Å²) in [7, 11) is 0. The van der Waals surface area contributed by atoms with E-state index < -0.39 is 0 Å². The average molecular weight is 328 g/mol. The molecule has 3 heterocycles. The summed E-state index contributed by atoms with van der Waals surface area (Å²) in [6, 6.07) is 3.82. The van der Waals surface area contributed by atoms with E-state index in [0.29, 0.717) is 13.0 Å². The van der Waals surface area contributed by atoms with Crippen molar-refractivity contribution in [2.45, 2.75) is 45.7 Å². The number of nitrogens with one attached hydrogen (secondary N) is 1. The summed E-state index contributed by atoms with van der Waals surface area (Å²) in [6.45, 7) is 5.21. The first-order valence-corrected chi connectivity index (χ1v) is 8.54. The molecular weight excluding hydrogens is 304 g/mol. The molecule has 0 bridgehead atoms. The van der Waals surface area contributed by atoms with Gasteiger partial charge in [-0.3, -0.25) is 9.48 Å². The molecule has 0 saturated carbocycles. The molecule has 1 fully saturated rings. The van der Waals surface area contributed by atoms with Gasteiger partial charge in [-0.05, 0) is 38.3 Å². The van der Waals surface area contributed by atoms with E-state index in [-0.39, 0.29) is 5.91 Å². The van der Waals surface area contributed by atoms with Crippen molar-refractivity contribution < 1.29 is 4.79 Å². The van der Waals surface area contributed by atoms with Gasteiger partial charge in [0.05, 0.1) is 12.2 Å². The highest BCUT2D eigenvalue weighted by molar-refractivity contribution is 5.75. The molecule has 0 aliphatic carbocycles. The number of rotatable bonds is 7. The van der Waals surface area contributed by atoms with Crippen LogP contribution < -0.4 is 10.2 Å². The molecule has 0 spiro atoms. The van der Waals surface area contributed by atoms with Crippen LogP contribution in [0.25, 0.3) is 0 Å². The number of nitrogens with zero attached hydrogens (tertiary/aromatic N) is 5. The molecule has 3 rings (SSSR count). The van der Waals surface area contributed by atoms with Crippen LogP contribution in [0.4, 0.5) is 5.95 Å². The lowest BCUT2D eigenvalue weighted by atomic mass is 10.3. The van der Waals surface area contributed by atoms with E-state index in [4.69, 9.17) is 0 Å². The predicted octanol–water partition coefficient (Wildman–Crippen LogP) is 1.68. The molecular formula is C17H24N6O. The summed E-state index contributed by atoms with van der Waals surface area (Å²) in [5.74, 6) is 0.830. The fraction of sp³-hybridized carbons (Fsp3) is 0.529. The maximum absolute atomic E-state index is 12.0. The number of hydrogen-bond acceptors (Lipinski definition) is 5. The molecule has 1 aliphatic heterocycles. The number of carbonyl (C=O) groups is 1. The van der Waals surface area contributed by atoms with Crippen molar-refractivity contribution in [3.05, 3.63) is 35.9 Å². The molecule has 0 atom stereocenters. The summed E-state index contributed by atoms with van der Waals surface area (Å²) >= 11 is 0. The minimum Gasteiger partial charge on any atom is -0.350 e. The average Bonchev–Trinajstić information content (AvgIpc) is 3.26. The molecule has 0 unspecified atom stereocenters. The van der Waals surface area contributed by atoms with Gasteiger partial charge in [0.2, 0.25) is 11.9 Å². The van der Waals surface area contributed by atoms with Crippen LogP contribution in [0, 0.1) is 6.92 Å². The van der Waals surface area contributed by atoms with Crippen molar-refractivity contribution in [2.24, 2.45) is 0 Å². The van der Waals surface area contributed by atoms with E-state index in [1.807, 2.05) is 29.9 Å². The quantitative estimate of drug-likeness (QED) is 0.837. The number of aryl methyl sites for hydroxylation is 2. The van der Waals surface area contributed by atoms with Gasteiger partial charge in [-0.1, -0.05) is 0 Å². The third kappa shape index (κ3) is 4.53. The highest BCUT2D eigenvalue weighted by Crippen LogP contribution is 2.16. The Hall–Kier alpha value is -2.44. The van der Waals surface area contributed by atoms with E-state index in [1.54, 1.807) is 6.20 Å². The Balaban J connectivity index is 1.47. The lowest BCUT2D eigenvalue weighted by Crippen LogP contribution is -2.25. The molecule has 2 aromatic rings. The van der Waals surface area contributed by atoms with Gasteiger partial charge in [-0.25, -0.2) is 9.97 Å². The van der Waals surface area contributed by atoms with E-state index in [0.717, 1.165) is 43.4 Å². The first-order valence-electron chi connectivity index (χ1n) is 8.54. The summed E-state index contributed by atoms with van der Waals surface area (Å²) < 4.78 is 1.84. The van der Waals surface area contributed by atoms with E-state index >= 15 is 0 Å². The smallest absolute Gasteiger partial charge is 0.225 e. The predicted molar refractivity (Wildman–Crippen MR) is 91.5 cm³/mol. The van der Waals surface area contributed by atoms with Gasteiger partial charge < -0.3 is 10.2 Å². The van der Waals surface area contributed by atoms with Gasteiger partial charge in [0.1, 0.15) is 0 Å². The number of amides is 1. The standard InChI is InChI=1S/C17H24N6O/c1-14-12-15(21-17(20-14)22-8-2-3-9-22)13-18-16(24)6-4-10-23-11-5-7-19-23/h5,7,11-12H,2-4,6,8-10,13H2,1H3,(H,18,24). The maximum Gasteiger partial charge on any atom is 0.225 e. The van der Waals surface area contributed by atoms with Crippen molar-refractivity contribution in [1.82, 2.24) is 25.1 Å². The Morgan fingerprint density at radius 1 is 1.29 bits per heavy atom. The zero-order chi connectivity index (χ0) is 16.8. The Morgan fingerprint density at radius 2 is 2.12 bits per heavy atom. The highest BCUT2D eigenvalue weighted by atomic mass is 16.1. The summed E-state index contributed by atoms with van der Waals surface area (Å²) in [5.41, 5.74) is 1.81. The van der Waals surface area contributed by atoms with Crippen molar-refractivity contribution in [1.29, 1.82) is 0 Å². The number of aromatic nitrogens is 4. The topological polar surface area (TPSA) is 75.9 Å². The monoisotopic (exact) mass is 328 g/mol. The Kier molecular flexibility index (Phi) is 5.40. The Bertz CT molecular complexity index is 664. The fourth-order valence-corrected chi connectivity index (χ4v) is 2.88. The van der Waals surface area contributed by atoms with E-state index in [1.165, 1.54) is 12.8 Å². The second-order valence-corrected chi connectivity index (χ2v) is 6.14. The summed E-state index contributed by atoms with van der Waals surface area (Å²) in [5, 5.41) is 7.07. The minimum atomic E-state index is 0.0427. The SMILES string of the molecule is Cc1cc(CNC(=O)CCCn2cccn2)nc(N2CCCC2)n1. The summed E-state index contributed by atoms with van der Waals surface area (Å²) in [6.07, 6.45) is 7.30. The molecule has 7 heteroatoms. The van der Waals surface area contributed by atoms with Crippen molar-refractivity contribution >= 4 is 11.9 Å². The minimum absolute atomic E-state index is 0.0427. The maximum atomic E-state index is 12.0. The molecule has 1 aliphatic rings. The lowest BCUT2D eigenvalue weighted by Gasteiger charge is -2.16. The van der Waals surface area contributed by atoms with Crippen molar-refractivity contribution in [2.75, 3.05) is 18.0 Å². The van der Waals surface area contributed by atoms with Crippen LogP contribution in [0.3, 0.4) is 0 Å². The van der Waals surface area contributed by atoms with Crippen LogP contribution in [-0.4, -0.2) is 38.7 Å². The van der Waals surface area contributed by atoms with Crippen LogP contribution in [0.5, 0.6) is 0 Å². The molecule has 1 amide bonds. The van der Waals surface area contributed by atoms with Crippen molar-refractivity contribution in [3.8, 4) is 0 Å². The second kappa shape index (κ2) is 7.90. The van der Waals surface area contributed by atoms with Gasteiger partial charge in [0.15, 0.2) is 0 Å². The molecule has 0 radical (unpaired) electrons. The molecule has 7 nitrogen and oxygen atoms in total. The molecule has 1 N–H and O–H groups in total. The zero-order valence-corrected chi connectivity index (χ0v) is 14.1. The summed E-state index contributed by atoms with van der Waals surface area (Å²) in [4.78, 5) is 23.3. The van der Waals surface area contributed by atoms with Gasteiger partial charge in [0.25, 0.3) is 0 Å². The number of carbonyl (C=O) groups excluding carboxylic acids is 1. The lowest BCUT2D eigenvalue weighted by molar-refractivity contribution is -0.121. The third-order valence-corrected chi connectivity index (χ3v) is 4.10. The molecule has 128 valence electrons. The van der Waals surface area contributed by atoms with Crippen LogP contribution >= 0.6 is 0 Å². The second-order valence-electron chi connectivity index (χ2n) is 6.14.